The predicted octanol–water partition coefficient (Wildman–Crippen LogP) is 8.49. The summed E-state index contributed by atoms with van der Waals surface area (Å²) in [6, 6.07) is 81.5. The number of nitrogens with zero attached hydrogens (tertiary/aromatic N) is 1. The van der Waals surface area contributed by atoms with Crippen LogP contribution in [0.15, 0.2) is 242 Å². The van der Waals surface area contributed by atoms with Crippen LogP contribution in [-0.4, -0.2) is 28.1 Å². The number of rotatable bonds is 9. The van der Waals surface area contributed by atoms with E-state index in [-0.39, 0.29) is 5.71 Å². The van der Waals surface area contributed by atoms with Crippen LogP contribution in [0.2, 0.25) is 0 Å². The van der Waals surface area contributed by atoms with E-state index in [0.29, 0.717) is 17.0 Å². The van der Waals surface area contributed by atoms with Gasteiger partial charge in [-0.25, -0.2) is 0 Å². The van der Waals surface area contributed by atoms with Crippen molar-refractivity contribution in [3.63, 3.8) is 0 Å². The van der Waals surface area contributed by atoms with Gasteiger partial charge in [0.1, 0.15) is 23.0 Å². The van der Waals surface area contributed by atoms with Crippen molar-refractivity contribution in [2.45, 2.75) is 6.92 Å². The third kappa shape index (κ3) is 6.57. The summed E-state index contributed by atoms with van der Waals surface area (Å²) in [7, 11) is -5.90. The molecule has 0 amide bonds. The molecule has 0 saturated carbocycles. The molecule has 0 aliphatic carbocycles. The average Bonchev–Trinajstić information content (AvgIpc) is 3.37. The number of aliphatic imine (C=N–C) groups is 1. The van der Waals surface area contributed by atoms with Crippen LogP contribution in [0.1, 0.15) is 22.3 Å². The number of hydrogen-bond acceptors (Lipinski definition) is 4. The number of para-hydroxylation sites is 4. The van der Waals surface area contributed by atoms with Gasteiger partial charge in [0.15, 0.2) is 16.1 Å². The zero-order valence-electron chi connectivity index (χ0n) is 35.9. The quantitative estimate of drug-likeness (QED) is 0.117. The lowest BCUT2D eigenvalue weighted by molar-refractivity contribution is 0.485. The summed E-state index contributed by atoms with van der Waals surface area (Å²) in [5, 5.41) is 19.8. The molecule has 0 atom stereocenters. The lowest BCUT2D eigenvalue weighted by Crippen LogP contribution is -2.76. The van der Waals surface area contributed by atoms with Crippen LogP contribution in [0.25, 0.3) is 5.70 Å². The van der Waals surface area contributed by atoms with Crippen molar-refractivity contribution in [2.75, 3.05) is 0 Å². The van der Waals surface area contributed by atoms with Gasteiger partial charge in [-0.15, -0.1) is 0 Å². The van der Waals surface area contributed by atoms with Crippen molar-refractivity contribution >= 4 is 75.3 Å². The normalized spacial score (nSPS) is 14.2. The Bertz CT molecular complexity index is 3220. The Kier molecular flexibility index (Phi) is 10.2. The molecule has 6 heteroatoms. The van der Waals surface area contributed by atoms with E-state index in [4.69, 9.17) is 14.5 Å². The van der Waals surface area contributed by atoms with E-state index < -0.39 is 16.1 Å². The van der Waals surface area contributed by atoms with Gasteiger partial charge in [-0.3, -0.25) is 4.99 Å². The van der Waals surface area contributed by atoms with Crippen LogP contribution in [0.5, 0.6) is 23.0 Å². The van der Waals surface area contributed by atoms with Gasteiger partial charge in [-0.05, 0) is 89.9 Å². The molecule has 2 aliphatic heterocycles. The largest absolute Gasteiger partial charge is 0.457 e. The maximum absolute atomic E-state index is 10.2. The summed E-state index contributed by atoms with van der Waals surface area (Å²) in [6.07, 6.45) is 3.82. The van der Waals surface area contributed by atoms with Crippen molar-refractivity contribution in [3.05, 3.63) is 259 Å². The van der Waals surface area contributed by atoms with Crippen molar-refractivity contribution in [2.24, 2.45) is 4.99 Å². The van der Waals surface area contributed by atoms with E-state index in [9.17, 15) is 5.41 Å². The molecule has 0 saturated heterocycles. The minimum atomic E-state index is -2.96. The summed E-state index contributed by atoms with van der Waals surface area (Å²) in [6.45, 7) is 2.10. The summed E-state index contributed by atoms with van der Waals surface area (Å²) >= 11 is 0. The number of allylic oxidation sites excluding steroid dienone is 1. The topological polar surface area (TPSA) is 54.7 Å². The second-order valence-electron chi connectivity index (χ2n) is 16.6. The summed E-state index contributed by atoms with van der Waals surface area (Å²) in [5.74, 6) is 3.10. The second kappa shape index (κ2) is 16.7. The van der Waals surface area contributed by atoms with E-state index in [1.807, 2.05) is 36.6 Å². The van der Waals surface area contributed by atoms with Crippen LogP contribution in [-0.2, 0) is 0 Å². The SMILES string of the molecule is Cc1ccccc1C=N/C(=C\C(=N)c1cccc2c1Oc1ccccc1[Si]2(c1ccccc1)c1ccccc1)c1cccc2c1Oc1ccccc1[Si]2(c1ccccc1)c1ccccc1. The molecule has 0 spiro atoms. The maximum atomic E-state index is 10.2. The minimum Gasteiger partial charge on any atom is -0.457 e. The zero-order valence-corrected chi connectivity index (χ0v) is 37.9. The molecular weight excluding hydrogens is 825 g/mol. The van der Waals surface area contributed by atoms with E-state index in [1.54, 1.807) is 0 Å². The average molecular weight is 869 g/mol. The Morgan fingerprint density at radius 2 is 0.800 bits per heavy atom. The molecule has 0 bridgehead atoms. The maximum Gasteiger partial charge on any atom is 0.188 e. The Balaban J connectivity index is 1.15. The highest BCUT2D eigenvalue weighted by molar-refractivity contribution is 7.21. The number of hydrogen-bond donors (Lipinski definition) is 1. The molecule has 9 aromatic carbocycles. The minimum absolute atomic E-state index is 0.283. The monoisotopic (exact) mass is 868 g/mol. The zero-order chi connectivity index (χ0) is 43.8. The highest BCUT2D eigenvalue weighted by atomic mass is 28.3. The van der Waals surface area contributed by atoms with Gasteiger partial charge in [0, 0.05) is 17.3 Å². The predicted molar refractivity (Wildman–Crippen MR) is 274 cm³/mol. The first-order chi connectivity index (χ1) is 32.1. The Labute approximate surface area is 382 Å². The smallest absolute Gasteiger partial charge is 0.188 e. The standard InChI is InChI=1S/C59H44N2O2Si2/c1-42-22-14-15-23-43(42)41-61-51(49-33-21-39-57-59(49)63-53-35-17-19-37-55(53)65(57,46-28-10-4-11-29-46)47-30-12-5-13-31-47)40-50(60)48-32-20-38-56-58(48)62-52-34-16-18-36-54(52)64(56,44-24-6-2-7-25-44)45-26-8-3-9-27-45/h2-41,60H,1H3/b51-40-,60-50?,61-41?. The third-order valence-electron chi connectivity index (χ3n) is 13.0. The van der Waals surface area contributed by atoms with E-state index in [2.05, 4.69) is 213 Å². The fraction of sp³-hybridized carbons (Fsp3) is 0.0169. The lowest BCUT2D eigenvalue weighted by Gasteiger charge is -2.40. The van der Waals surface area contributed by atoms with Gasteiger partial charge in [0.25, 0.3) is 0 Å². The van der Waals surface area contributed by atoms with Crippen LogP contribution in [0.4, 0.5) is 0 Å². The molecule has 0 unspecified atom stereocenters. The van der Waals surface area contributed by atoms with Gasteiger partial charge in [-0.1, -0.05) is 206 Å². The molecule has 0 fully saturated rings. The van der Waals surface area contributed by atoms with E-state index in [1.165, 1.54) is 31.1 Å². The summed E-state index contributed by atoms with van der Waals surface area (Å²) in [5.41, 5.74) is 4.50. The third-order valence-corrected chi connectivity index (χ3v) is 22.7. The first kappa shape index (κ1) is 39.9. The van der Waals surface area contributed by atoms with Crippen molar-refractivity contribution in [1.29, 1.82) is 5.41 Å². The summed E-state index contributed by atoms with van der Waals surface area (Å²) < 4.78 is 14.2. The van der Waals surface area contributed by atoms with E-state index in [0.717, 1.165) is 44.3 Å². The molecule has 0 aromatic heterocycles. The molecule has 2 aliphatic rings. The Morgan fingerprint density at radius 1 is 0.415 bits per heavy atom. The number of ether oxygens (including phenoxy) is 2. The molecule has 4 nitrogen and oxygen atoms in total. The van der Waals surface area contributed by atoms with Gasteiger partial charge < -0.3 is 14.9 Å². The van der Waals surface area contributed by atoms with Crippen molar-refractivity contribution in [3.8, 4) is 23.0 Å². The first-order valence-corrected chi connectivity index (χ1v) is 26.0. The molecule has 0 radical (unpaired) electrons. The molecule has 2 heterocycles. The molecular formula is C59H44N2O2Si2. The molecule has 9 aromatic rings. The van der Waals surface area contributed by atoms with Gasteiger partial charge in [0.05, 0.1) is 11.4 Å². The van der Waals surface area contributed by atoms with Gasteiger partial charge in [0.2, 0.25) is 0 Å². The van der Waals surface area contributed by atoms with Crippen molar-refractivity contribution in [1.82, 2.24) is 0 Å². The number of benzene rings is 9. The highest BCUT2D eigenvalue weighted by Crippen LogP contribution is 2.37. The van der Waals surface area contributed by atoms with Crippen LogP contribution < -0.4 is 51.0 Å². The molecule has 310 valence electrons. The van der Waals surface area contributed by atoms with Crippen LogP contribution in [0.3, 0.4) is 0 Å². The highest BCUT2D eigenvalue weighted by Gasteiger charge is 2.50. The van der Waals surface area contributed by atoms with Crippen LogP contribution in [0, 0.1) is 12.3 Å². The number of aryl methyl sites for hydroxylation is 1. The van der Waals surface area contributed by atoms with Gasteiger partial charge in [-0.2, -0.15) is 0 Å². The van der Waals surface area contributed by atoms with Gasteiger partial charge >= 0.3 is 0 Å². The fourth-order valence-electron chi connectivity index (χ4n) is 10.1. The molecule has 1 N–H and O–H groups in total. The second-order valence-corrected chi connectivity index (χ2v) is 24.0. The fourth-order valence-corrected chi connectivity index (χ4v) is 20.1. The summed E-state index contributed by atoms with van der Waals surface area (Å²) in [4.78, 5) is 5.32. The Hall–Kier alpha value is -7.91. The molecule has 11 rings (SSSR count). The first-order valence-electron chi connectivity index (χ1n) is 22.0. The van der Waals surface area contributed by atoms with E-state index >= 15 is 0 Å². The lowest BCUT2D eigenvalue weighted by atomic mass is 10.0. The number of nitrogens with one attached hydrogen (secondary N) is 1. The van der Waals surface area contributed by atoms with Crippen LogP contribution >= 0.6 is 0 Å². The molecule has 65 heavy (non-hydrogen) atoms. The van der Waals surface area contributed by atoms with Crippen molar-refractivity contribution < 1.29 is 9.47 Å². The Morgan fingerprint density at radius 3 is 1.28 bits per heavy atom. The number of fused-ring (bicyclic) bond motifs is 4.